The molecule has 0 bridgehead atoms. The number of carbonyl (C=O) groups is 1. The summed E-state index contributed by atoms with van der Waals surface area (Å²) in [5, 5.41) is 15.4. The standard InChI is InChI=1S/C14H11ClN6OS/c1-23-14-18-19-20-21(14)11-4-2-3-10(8-11)17-13(22)12-7-9(15)5-6-16-12/h2-8H,1H3,(H,17,22). The highest BCUT2D eigenvalue weighted by molar-refractivity contribution is 7.98. The molecule has 2 aromatic heterocycles. The lowest BCUT2D eigenvalue weighted by atomic mass is 10.2. The van der Waals surface area contributed by atoms with Gasteiger partial charge >= 0.3 is 0 Å². The summed E-state index contributed by atoms with van der Waals surface area (Å²) in [6.07, 6.45) is 3.37. The van der Waals surface area contributed by atoms with Crippen LogP contribution >= 0.6 is 23.4 Å². The number of thioether (sulfide) groups is 1. The molecule has 0 fully saturated rings. The molecule has 3 rings (SSSR count). The number of rotatable bonds is 4. The molecule has 0 saturated carbocycles. The van der Waals surface area contributed by atoms with Gasteiger partial charge in [0.2, 0.25) is 5.16 Å². The third kappa shape index (κ3) is 3.49. The third-order valence-electron chi connectivity index (χ3n) is 2.93. The van der Waals surface area contributed by atoms with Gasteiger partial charge in [-0.2, -0.15) is 4.68 Å². The van der Waals surface area contributed by atoms with E-state index in [0.717, 1.165) is 5.69 Å². The molecular formula is C14H11ClN6OS. The Morgan fingerprint density at radius 3 is 2.96 bits per heavy atom. The molecule has 7 nitrogen and oxygen atoms in total. The van der Waals surface area contributed by atoms with E-state index in [-0.39, 0.29) is 11.6 Å². The Balaban J connectivity index is 1.84. The van der Waals surface area contributed by atoms with Crippen LogP contribution in [0.5, 0.6) is 0 Å². The number of hydrogen-bond donors (Lipinski definition) is 1. The number of hydrogen-bond acceptors (Lipinski definition) is 6. The van der Waals surface area contributed by atoms with Crippen LogP contribution in [-0.4, -0.2) is 37.4 Å². The van der Waals surface area contributed by atoms with Crippen molar-refractivity contribution in [3.05, 3.63) is 53.3 Å². The fourth-order valence-corrected chi connectivity index (χ4v) is 2.50. The summed E-state index contributed by atoms with van der Waals surface area (Å²) in [6, 6.07) is 10.3. The third-order valence-corrected chi connectivity index (χ3v) is 3.78. The van der Waals surface area contributed by atoms with E-state index in [1.165, 1.54) is 24.0 Å². The molecule has 9 heteroatoms. The molecule has 0 aliphatic rings. The highest BCUT2D eigenvalue weighted by Crippen LogP contribution is 2.19. The minimum absolute atomic E-state index is 0.245. The van der Waals surface area contributed by atoms with Crippen molar-refractivity contribution in [3.63, 3.8) is 0 Å². The van der Waals surface area contributed by atoms with Gasteiger partial charge in [0.25, 0.3) is 5.91 Å². The number of carbonyl (C=O) groups excluding carboxylic acids is 1. The van der Waals surface area contributed by atoms with E-state index >= 15 is 0 Å². The van der Waals surface area contributed by atoms with Crippen molar-refractivity contribution in [1.82, 2.24) is 25.2 Å². The van der Waals surface area contributed by atoms with Crippen LogP contribution in [0.3, 0.4) is 0 Å². The number of anilines is 1. The smallest absolute Gasteiger partial charge is 0.274 e. The second-order valence-electron chi connectivity index (χ2n) is 4.44. The number of nitrogens with one attached hydrogen (secondary N) is 1. The average molecular weight is 347 g/mol. The summed E-state index contributed by atoms with van der Waals surface area (Å²) >= 11 is 7.30. The molecule has 1 amide bonds. The summed E-state index contributed by atoms with van der Waals surface area (Å²) in [7, 11) is 0. The highest BCUT2D eigenvalue weighted by atomic mass is 35.5. The molecule has 116 valence electrons. The monoisotopic (exact) mass is 346 g/mol. The fourth-order valence-electron chi connectivity index (χ4n) is 1.91. The van der Waals surface area contributed by atoms with Gasteiger partial charge in [-0.3, -0.25) is 9.78 Å². The molecule has 0 spiro atoms. The largest absolute Gasteiger partial charge is 0.321 e. The second kappa shape index (κ2) is 6.76. The van der Waals surface area contributed by atoms with Crippen LogP contribution in [-0.2, 0) is 0 Å². The van der Waals surface area contributed by atoms with Crippen molar-refractivity contribution in [2.75, 3.05) is 11.6 Å². The topological polar surface area (TPSA) is 85.6 Å². The van der Waals surface area contributed by atoms with E-state index in [1.807, 2.05) is 18.4 Å². The van der Waals surface area contributed by atoms with E-state index in [1.54, 1.807) is 22.9 Å². The Morgan fingerprint density at radius 1 is 1.30 bits per heavy atom. The fraction of sp³-hybridized carbons (Fsp3) is 0.0714. The molecule has 0 aliphatic heterocycles. The van der Waals surface area contributed by atoms with Gasteiger partial charge in [0, 0.05) is 16.9 Å². The predicted molar refractivity (Wildman–Crippen MR) is 88.1 cm³/mol. The van der Waals surface area contributed by atoms with Gasteiger partial charge in [0.1, 0.15) is 5.69 Å². The van der Waals surface area contributed by atoms with Crippen molar-refractivity contribution in [2.45, 2.75) is 5.16 Å². The van der Waals surface area contributed by atoms with Gasteiger partial charge in [0.05, 0.1) is 5.69 Å². The summed E-state index contributed by atoms with van der Waals surface area (Å²) in [6.45, 7) is 0. The first kappa shape index (κ1) is 15.4. The normalized spacial score (nSPS) is 10.5. The lowest BCUT2D eigenvalue weighted by molar-refractivity contribution is 0.102. The number of benzene rings is 1. The Hall–Kier alpha value is -2.45. The summed E-state index contributed by atoms with van der Waals surface area (Å²) in [5.74, 6) is -0.341. The number of nitrogens with zero attached hydrogens (tertiary/aromatic N) is 5. The van der Waals surface area contributed by atoms with E-state index in [2.05, 4.69) is 25.8 Å². The van der Waals surface area contributed by atoms with Crippen LogP contribution in [0.2, 0.25) is 5.02 Å². The van der Waals surface area contributed by atoms with Gasteiger partial charge in [-0.1, -0.05) is 29.4 Å². The molecule has 1 N–H and O–H groups in total. The second-order valence-corrected chi connectivity index (χ2v) is 5.65. The van der Waals surface area contributed by atoms with Gasteiger partial charge in [-0.25, -0.2) is 0 Å². The number of aromatic nitrogens is 5. The zero-order valence-corrected chi connectivity index (χ0v) is 13.5. The summed E-state index contributed by atoms with van der Waals surface area (Å²) in [4.78, 5) is 16.2. The Bertz CT molecular complexity index is 853. The zero-order valence-electron chi connectivity index (χ0n) is 12.0. The molecule has 0 radical (unpaired) electrons. The first-order chi connectivity index (χ1) is 11.2. The summed E-state index contributed by atoms with van der Waals surface area (Å²) < 4.78 is 1.60. The molecule has 3 aromatic rings. The highest BCUT2D eigenvalue weighted by Gasteiger charge is 2.11. The van der Waals surface area contributed by atoms with Gasteiger partial charge in [0.15, 0.2) is 0 Å². The van der Waals surface area contributed by atoms with Crippen LogP contribution in [0, 0.1) is 0 Å². The Labute approximate surface area is 141 Å². The average Bonchev–Trinajstić information content (AvgIpc) is 3.04. The predicted octanol–water partition coefficient (Wildman–Crippen LogP) is 2.68. The molecule has 1 aromatic carbocycles. The van der Waals surface area contributed by atoms with Gasteiger partial charge < -0.3 is 5.32 Å². The van der Waals surface area contributed by atoms with E-state index < -0.39 is 0 Å². The van der Waals surface area contributed by atoms with Crippen molar-refractivity contribution in [2.24, 2.45) is 0 Å². The van der Waals surface area contributed by atoms with Crippen LogP contribution < -0.4 is 5.32 Å². The first-order valence-electron chi connectivity index (χ1n) is 6.53. The van der Waals surface area contributed by atoms with Gasteiger partial charge in [-0.15, -0.1) is 5.10 Å². The van der Waals surface area contributed by atoms with Crippen LogP contribution in [0.15, 0.2) is 47.8 Å². The number of amides is 1. The number of tetrazole rings is 1. The maximum atomic E-state index is 12.2. The Kier molecular flexibility index (Phi) is 4.54. The molecule has 0 atom stereocenters. The van der Waals surface area contributed by atoms with Crippen molar-refractivity contribution >= 4 is 35.0 Å². The van der Waals surface area contributed by atoms with Crippen molar-refractivity contribution in [3.8, 4) is 5.69 Å². The maximum Gasteiger partial charge on any atom is 0.274 e. The molecule has 23 heavy (non-hydrogen) atoms. The lowest BCUT2D eigenvalue weighted by Gasteiger charge is -2.07. The van der Waals surface area contributed by atoms with Crippen LogP contribution in [0.4, 0.5) is 5.69 Å². The molecule has 0 aliphatic carbocycles. The zero-order chi connectivity index (χ0) is 16.2. The first-order valence-corrected chi connectivity index (χ1v) is 8.13. The summed E-state index contributed by atoms with van der Waals surface area (Å²) in [5.41, 5.74) is 1.60. The maximum absolute atomic E-state index is 12.2. The molecule has 2 heterocycles. The minimum Gasteiger partial charge on any atom is -0.321 e. The van der Waals surface area contributed by atoms with E-state index in [0.29, 0.717) is 15.9 Å². The van der Waals surface area contributed by atoms with E-state index in [9.17, 15) is 4.79 Å². The van der Waals surface area contributed by atoms with Gasteiger partial charge in [-0.05, 0) is 47.0 Å². The minimum atomic E-state index is -0.341. The van der Waals surface area contributed by atoms with Crippen molar-refractivity contribution in [1.29, 1.82) is 0 Å². The number of pyridine rings is 1. The molecule has 0 unspecified atom stereocenters. The van der Waals surface area contributed by atoms with Crippen molar-refractivity contribution < 1.29 is 4.79 Å². The molecular weight excluding hydrogens is 336 g/mol. The van der Waals surface area contributed by atoms with E-state index in [4.69, 9.17) is 11.6 Å². The Morgan fingerprint density at radius 2 is 2.17 bits per heavy atom. The van der Waals surface area contributed by atoms with Crippen LogP contribution in [0.25, 0.3) is 5.69 Å². The van der Waals surface area contributed by atoms with Crippen LogP contribution in [0.1, 0.15) is 10.5 Å². The number of halogens is 1. The molecule has 0 saturated heterocycles. The quantitative estimate of drug-likeness (QED) is 0.731. The lowest BCUT2D eigenvalue weighted by Crippen LogP contribution is -2.13. The SMILES string of the molecule is CSc1nnnn1-c1cccc(NC(=O)c2cc(Cl)ccn2)c1.